The number of carbonyl (C=O) groups is 2. The van der Waals surface area contributed by atoms with Crippen LogP contribution < -0.4 is 10.6 Å². The lowest BCUT2D eigenvalue weighted by Gasteiger charge is -2.22. The molecule has 0 radical (unpaired) electrons. The first-order valence-corrected chi connectivity index (χ1v) is 7.98. The van der Waals surface area contributed by atoms with Crippen LogP contribution in [-0.4, -0.2) is 26.6 Å². The Hall–Kier alpha value is -3.55. The number of hydrogen-bond donors (Lipinski definition) is 2. The van der Waals surface area contributed by atoms with Gasteiger partial charge in [0.05, 0.1) is 6.42 Å². The molecule has 2 aromatic carbocycles. The molecule has 4 rings (SSSR count). The van der Waals surface area contributed by atoms with E-state index in [2.05, 4.69) is 20.7 Å². The minimum Gasteiger partial charge on any atom is -0.324 e. The summed E-state index contributed by atoms with van der Waals surface area (Å²) in [5.41, 5.74) is 1.22. The van der Waals surface area contributed by atoms with Crippen molar-refractivity contribution in [1.82, 2.24) is 14.8 Å². The zero-order valence-electron chi connectivity index (χ0n) is 13.5. The molecule has 3 aromatic rings. The fourth-order valence-electron chi connectivity index (χ4n) is 2.74. The predicted molar refractivity (Wildman–Crippen MR) is 92.8 cm³/mol. The first-order valence-electron chi connectivity index (χ1n) is 7.98. The summed E-state index contributed by atoms with van der Waals surface area (Å²) in [5, 5.41) is 9.72. The summed E-state index contributed by atoms with van der Waals surface area (Å²) in [5.74, 6) is -0.550. The number of para-hydroxylation sites is 1. The van der Waals surface area contributed by atoms with Crippen LogP contribution in [0.25, 0.3) is 11.4 Å². The fraction of sp³-hybridized carbons (Fsp3) is 0.111. The first kappa shape index (κ1) is 15.9. The van der Waals surface area contributed by atoms with Crippen molar-refractivity contribution >= 4 is 23.5 Å². The van der Waals surface area contributed by atoms with Crippen LogP contribution in [0.5, 0.6) is 0 Å². The lowest BCUT2D eigenvalue weighted by Crippen LogP contribution is -2.36. The number of nitrogens with one attached hydrogen (secondary N) is 2. The summed E-state index contributed by atoms with van der Waals surface area (Å²) in [7, 11) is 0. The molecule has 1 aliphatic heterocycles. The van der Waals surface area contributed by atoms with E-state index >= 15 is 0 Å². The highest BCUT2D eigenvalue weighted by atomic mass is 19.1. The molecule has 1 aromatic heterocycles. The Labute approximate surface area is 147 Å². The molecule has 0 aliphatic carbocycles. The number of halogens is 1. The molecule has 1 atom stereocenters. The standard InChI is InChI=1S/C18H14FN5O2/c19-12-8-6-11(7-9-12)16-22-18-21-15(25)10-14(24(18)23-16)17(26)20-13-4-2-1-3-5-13/h1-9,14H,10H2,(H,20,26)(H,21,22,23,25). The van der Waals surface area contributed by atoms with Crippen molar-refractivity contribution in [2.24, 2.45) is 0 Å². The van der Waals surface area contributed by atoms with Gasteiger partial charge in [0.1, 0.15) is 11.9 Å². The topological polar surface area (TPSA) is 88.9 Å². The summed E-state index contributed by atoms with van der Waals surface area (Å²) in [4.78, 5) is 28.9. The molecule has 0 spiro atoms. The average molecular weight is 351 g/mol. The van der Waals surface area contributed by atoms with Gasteiger partial charge in [-0.1, -0.05) is 18.2 Å². The third kappa shape index (κ3) is 3.04. The van der Waals surface area contributed by atoms with Crippen molar-refractivity contribution < 1.29 is 14.0 Å². The Morgan fingerprint density at radius 1 is 1.15 bits per heavy atom. The molecule has 1 unspecified atom stereocenters. The zero-order valence-corrected chi connectivity index (χ0v) is 13.5. The number of amides is 2. The first-order chi connectivity index (χ1) is 12.6. The van der Waals surface area contributed by atoms with Crippen LogP contribution in [0.3, 0.4) is 0 Å². The molecule has 0 bridgehead atoms. The van der Waals surface area contributed by atoms with Gasteiger partial charge in [0, 0.05) is 11.3 Å². The van der Waals surface area contributed by atoms with Gasteiger partial charge < -0.3 is 5.32 Å². The van der Waals surface area contributed by atoms with E-state index in [-0.39, 0.29) is 30.0 Å². The number of benzene rings is 2. The quantitative estimate of drug-likeness (QED) is 0.759. The minimum atomic E-state index is -0.819. The minimum absolute atomic E-state index is 0.0438. The van der Waals surface area contributed by atoms with Crippen LogP contribution in [0, 0.1) is 5.82 Å². The molecule has 2 N–H and O–H groups in total. The number of anilines is 2. The molecule has 0 saturated heterocycles. The van der Waals surface area contributed by atoms with E-state index in [1.165, 1.54) is 28.9 Å². The Morgan fingerprint density at radius 3 is 2.62 bits per heavy atom. The van der Waals surface area contributed by atoms with Crippen molar-refractivity contribution in [3.05, 3.63) is 60.4 Å². The van der Waals surface area contributed by atoms with E-state index in [9.17, 15) is 14.0 Å². The highest BCUT2D eigenvalue weighted by molar-refractivity contribution is 6.00. The Morgan fingerprint density at radius 2 is 1.88 bits per heavy atom. The van der Waals surface area contributed by atoms with Crippen molar-refractivity contribution in [1.29, 1.82) is 0 Å². The summed E-state index contributed by atoms with van der Waals surface area (Å²) in [6.45, 7) is 0. The summed E-state index contributed by atoms with van der Waals surface area (Å²) >= 11 is 0. The van der Waals surface area contributed by atoms with Gasteiger partial charge in [0.25, 0.3) is 0 Å². The Kier molecular flexibility index (Phi) is 3.92. The predicted octanol–water partition coefficient (Wildman–Crippen LogP) is 2.61. The number of fused-ring (bicyclic) bond motifs is 1. The second-order valence-electron chi connectivity index (χ2n) is 5.83. The Bertz CT molecular complexity index is 969. The van der Waals surface area contributed by atoms with Crippen molar-refractivity contribution in [2.45, 2.75) is 12.5 Å². The Balaban J connectivity index is 1.65. The second-order valence-corrected chi connectivity index (χ2v) is 5.83. The number of hydrogen-bond acceptors (Lipinski definition) is 4. The van der Waals surface area contributed by atoms with Gasteiger partial charge in [0.15, 0.2) is 5.82 Å². The van der Waals surface area contributed by atoms with E-state index < -0.39 is 6.04 Å². The smallest absolute Gasteiger partial charge is 0.249 e. The second kappa shape index (κ2) is 6.40. The lowest BCUT2D eigenvalue weighted by atomic mass is 10.1. The van der Waals surface area contributed by atoms with Crippen LogP contribution in [0.15, 0.2) is 54.6 Å². The maximum absolute atomic E-state index is 13.1. The number of nitrogens with zero attached hydrogens (tertiary/aromatic N) is 3. The lowest BCUT2D eigenvalue weighted by molar-refractivity contribution is -0.125. The summed E-state index contributed by atoms with van der Waals surface area (Å²) < 4.78 is 14.5. The van der Waals surface area contributed by atoms with Crippen LogP contribution in [-0.2, 0) is 9.59 Å². The SMILES string of the molecule is O=C1CC(C(=O)Nc2ccccc2)n2nc(-c3ccc(F)cc3)nc2N1. The van der Waals surface area contributed by atoms with Gasteiger partial charge in [0.2, 0.25) is 17.8 Å². The number of aromatic nitrogens is 3. The van der Waals surface area contributed by atoms with E-state index in [0.29, 0.717) is 17.1 Å². The normalized spacial score (nSPS) is 15.9. The molecule has 2 amide bonds. The van der Waals surface area contributed by atoms with E-state index in [0.717, 1.165) is 0 Å². The monoisotopic (exact) mass is 351 g/mol. The van der Waals surface area contributed by atoms with Crippen molar-refractivity contribution in [2.75, 3.05) is 10.6 Å². The molecule has 8 heteroatoms. The highest BCUT2D eigenvalue weighted by Gasteiger charge is 2.33. The summed E-state index contributed by atoms with van der Waals surface area (Å²) in [6.07, 6.45) is -0.0438. The van der Waals surface area contributed by atoms with Gasteiger partial charge >= 0.3 is 0 Å². The van der Waals surface area contributed by atoms with E-state index in [1.807, 2.05) is 6.07 Å². The van der Waals surface area contributed by atoms with Crippen molar-refractivity contribution in [3.8, 4) is 11.4 Å². The molecule has 26 heavy (non-hydrogen) atoms. The average Bonchev–Trinajstić information content (AvgIpc) is 3.06. The number of rotatable bonds is 3. The maximum Gasteiger partial charge on any atom is 0.249 e. The van der Waals surface area contributed by atoms with Crippen LogP contribution >= 0.6 is 0 Å². The van der Waals surface area contributed by atoms with Crippen LogP contribution in [0.4, 0.5) is 16.0 Å². The number of carbonyl (C=O) groups excluding carboxylic acids is 2. The summed E-state index contributed by atoms with van der Waals surface area (Å²) in [6, 6.07) is 13.8. The van der Waals surface area contributed by atoms with Crippen LogP contribution in [0.1, 0.15) is 12.5 Å². The van der Waals surface area contributed by atoms with Gasteiger partial charge in [-0.3, -0.25) is 14.9 Å². The van der Waals surface area contributed by atoms with Gasteiger partial charge in [-0.15, -0.1) is 5.10 Å². The molecule has 130 valence electrons. The molecular formula is C18H14FN5O2. The van der Waals surface area contributed by atoms with Crippen molar-refractivity contribution in [3.63, 3.8) is 0 Å². The largest absolute Gasteiger partial charge is 0.324 e. The molecule has 0 saturated carbocycles. The third-order valence-electron chi connectivity index (χ3n) is 4.00. The molecule has 7 nitrogen and oxygen atoms in total. The van der Waals surface area contributed by atoms with Gasteiger partial charge in [-0.25, -0.2) is 9.07 Å². The molecule has 0 fully saturated rings. The van der Waals surface area contributed by atoms with Gasteiger partial charge in [-0.05, 0) is 36.4 Å². The highest BCUT2D eigenvalue weighted by Crippen LogP contribution is 2.27. The zero-order chi connectivity index (χ0) is 18.1. The van der Waals surface area contributed by atoms with E-state index in [1.54, 1.807) is 24.3 Å². The maximum atomic E-state index is 13.1. The molecule has 1 aliphatic rings. The molecular weight excluding hydrogens is 337 g/mol. The van der Waals surface area contributed by atoms with E-state index in [4.69, 9.17) is 0 Å². The van der Waals surface area contributed by atoms with Gasteiger partial charge in [-0.2, -0.15) is 4.98 Å². The fourth-order valence-corrected chi connectivity index (χ4v) is 2.74. The molecule has 2 heterocycles. The van der Waals surface area contributed by atoms with Crippen LogP contribution in [0.2, 0.25) is 0 Å². The third-order valence-corrected chi connectivity index (χ3v) is 4.00.